The smallest absolute Gasteiger partial charge is 0.227 e. The summed E-state index contributed by atoms with van der Waals surface area (Å²) in [6.45, 7) is 3.99. The predicted molar refractivity (Wildman–Crippen MR) is 87.4 cm³/mol. The Bertz CT molecular complexity index is 518. The van der Waals surface area contributed by atoms with Crippen molar-refractivity contribution in [3.05, 3.63) is 29.3 Å². The normalized spacial score (nSPS) is 19.4. The minimum absolute atomic E-state index is 0.227. The van der Waals surface area contributed by atoms with Gasteiger partial charge in [0.05, 0.1) is 13.5 Å². The molecule has 1 N–H and O–H groups in total. The fourth-order valence-electron chi connectivity index (χ4n) is 3.56. The van der Waals surface area contributed by atoms with Gasteiger partial charge in [-0.2, -0.15) is 0 Å². The third-order valence-electron chi connectivity index (χ3n) is 4.92. The molecule has 4 heteroatoms. The molecule has 4 nitrogen and oxygen atoms in total. The number of likely N-dealkylation sites (tertiary alicyclic amines) is 1. The molecule has 0 unspecified atom stereocenters. The number of amides is 1. The Hall–Kier alpha value is -1.55. The van der Waals surface area contributed by atoms with Gasteiger partial charge in [-0.3, -0.25) is 4.79 Å². The molecule has 2 aliphatic rings. The SMILES string of the molecule is COc1cc(C2CCNCC2)ccc1CC(=O)N1CCCC1. The van der Waals surface area contributed by atoms with Gasteiger partial charge in [-0.25, -0.2) is 0 Å². The molecule has 0 aliphatic carbocycles. The van der Waals surface area contributed by atoms with Gasteiger partial charge in [0.15, 0.2) is 0 Å². The molecule has 3 rings (SSSR count). The van der Waals surface area contributed by atoms with Gasteiger partial charge in [0, 0.05) is 18.7 Å². The standard InChI is InChI=1S/C18H26N2O2/c1-22-17-12-15(14-6-8-19-9-7-14)4-5-16(17)13-18(21)20-10-2-3-11-20/h4-5,12,14,19H,2-3,6-11,13H2,1H3. The van der Waals surface area contributed by atoms with Gasteiger partial charge in [-0.05, 0) is 56.3 Å². The average molecular weight is 302 g/mol. The van der Waals surface area contributed by atoms with E-state index >= 15 is 0 Å². The van der Waals surface area contributed by atoms with E-state index in [0.29, 0.717) is 12.3 Å². The van der Waals surface area contributed by atoms with Crippen LogP contribution in [0, 0.1) is 0 Å². The largest absolute Gasteiger partial charge is 0.496 e. The number of ether oxygens (including phenoxy) is 1. The second-order valence-electron chi connectivity index (χ2n) is 6.36. The molecule has 120 valence electrons. The molecule has 1 aromatic carbocycles. The lowest BCUT2D eigenvalue weighted by Crippen LogP contribution is -2.29. The van der Waals surface area contributed by atoms with Crippen molar-refractivity contribution in [1.29, 1.82) is 0 Å². The molecule has 2 saturated heterocycles. The van der Waals surface area contributed by atoms with Crippen LogP contribution in [0.25, 0.3) is 0 Å². The number of nitrogens with one attached hydrogen (secondary N) is 1. The Balaban J connectivity index is 1.72. The van der Waals surface area contributed by atoms with Crippen LogP contribution in [-0.2, 0) is 11.2 Å². The minimum Gasteiger partial charge on any atom is -0.496 e. The number of nitrogens with zero attached hydrogens (tertiary/aromatic N) is 1. The number of carbonyl (C=O) groups is 1. The molecule has 1 aromatic rings. The molecule has 2 aliphatic heterocycles. The maximum absolute atomic E-state index is 12.3. The fraction of sp³-hybridized carbons (Fsp3) is 0.611. The average Bonchev–Trinajstić information content (AvgIpc) is 3.10. The van der Waals surface area contributed by atoms with Crippen molar-refractivity contribution >= 4 is 5.91 Å². The molecular formula is C18H26N2O2. The van der Waals surface area contributed by atoms with Crippen molar-refractivity contribution in [3.8, 4) is 5.75 Å². The summed E-state index contributed by atoms with van der Waals surface area (Å²) in [5, 5.41) is 3.40. The monoisotopic (exact) mass is 302 g/mol. The lowest BCUT2D eigenvalue weighted by atomic mass is 9.89. The molecule has 0 radical (unpaired) electrons. The van der Waals surface area contributed by atoms with Crippen molar-refractivity contribution in [2.45, 2.75) is 38.0 Å². The van der Waals surface area contributed by atoms with Gasteiger partial charge in [0.2, 0.25) is 5.91 Å². The summed E-state index contributed by atoms with van der Waals surface area (Å²) in [4.78, 5) is 14.3. The van der Waals surface area contributed by atoms with Crippen molar-refractivity contribution in [3.63, 3.8) is 0 Å². The fourth-order valence-corrected chi connectivity index (χ4v) is 3.56. The zero-order valence-corrected chi connectivity index (χ0v) is 13.4. The van der Waals surface area contributed by atoms with Gasteiger partial charge in [-0.1, -0.05) is 12.1 Å². The zero-order chi connectivity index (χ0) is 15.4. The van der Waals surface area contributed by atoms with E-state index in [0.717, 1.165) is 50.3 Å². The topological polar surface area (TPSA) is 41.6 Å². The van der Waals surface area contributed by atoms with E-state index < -0.39 is 0 Å². The van der Waals surface area contributed by atoms with E-state index in [4.69, 9.17) is 4.74 Å². The van der Waals surface area contributed by atoms with Crippen LogP contribution in [0.1, 0.15) is 42.7 Å². The lowest BCUT2D eigenvalue weighted by molar-refractivity contribution is -0.129. The van der Waals surface area contributed by atoms with Crippen LogP contribution >= 0.6 is 0 Å². The number of hydrogen-bond donors (Lipinski definition) is 1. The van der Waals surface area contributed by atoms with Crippen LogP contribution in [0.2, 0.25) is 0 Å². The maximum atomic E-state index is 12.3. The molecular weight excluding hydrogens is 276 g/mol. The summed E-state index contributed by atoms with van der Waals surface area (Å²) in [5.74, 6) is 1.70. The molecule has 2 heterocycles. The third-order valence-corrected chi connectivity index (χ3v) is 4.92. The molecule has 0 aromatic heterocycles. The van der Waals surface area contributed by atoms with Gasteiger partial charge >= 0.3 is 0 Å². The Morgan fingerprint density at radius 2 is 2.00 bits per heavy atom. The second kappa shape index (κ2) is 7.14. The van der Waals surface area contributed by atoms with Crippen LogP contribution in [-0.4, -0.2) is 44.1 Å². The van der Waals surface area contributed by atoms with Gasteiger partial charge < -0.3 is 15.0 Å². The Kier molecular flexibility index (Phi) is 4.98. The first-order valence-electron chi connectivity index (χ1n) is 8.43. The third kappa shape index (κ3) is 3.43. The van der Waals surface area contributed by atoms with E-state index in [1.165, 1.54) is 18.4 Å². The molecule has 0 bridgehead atoms. The number of piperidine rings is 1. The van der Waals surface area contributed by atoms with E-state index in [1.54, 1.807) is 7.11 Å². The summed E-state index contributed by atoms with van der Waals surface area (Å²) >= 11 is 0. The van der Waals surface area contributed by atoms with E-state index in [9.17, 15) is 4.79 Å². The summed E-state index contributed by atoms with van der Waals surface area (Å²) in [7, 11) is 1.70. The van der Waals surface area contributed by atoms with Crippen LogP contribution in [0.5, 0.6) is 5.75 Å². The maximum Gasteiger partial charge on any atom is 0.227 e. The highest BCUT2D eigenvalue weighted by molar-refractivity contribution is 5.79. The number of hydrogen-bond acceptors (Lipinski definition) is 3. The van der Waals surface area contributed by atoms with Crippen LogP contribution in [0.15, 0.2) is 18.2 Å². The quantitative estimate of drug-likeness (QED) is 0.928. The highest BCUT2D eigenvalue weighted by atomic mass is 16.5. The summed E-state index contributed by atoms with van der Waals surface area (Å²) < 4.78 is 5.55. The van der Waals surface area contributed by atoms with Crippen molar-refractivity contribution in [1.82, 2.24) is 10.2 Å². The van der Waals surface area contributed by atoms with E-state index in [1.807, 2.05) is 4.90 Å². The number of carbonyl (C=O) groups excluding carboxylic acids is 1. The van der Waals surface area contributed by atoms with Gasteiger partial charge in [0.1, 0.15) is 5.75 Å². The zero-order valence-electron chi connectivity index (χ0n) is 13.4. The van der Waals surface area contributed by atoms with Crippen molar-refractivity contribution in [2.75, 3.05) is 33.3 Å². The summed E-state index contributed by atoms with van der Waals surface area (Å²) in [5.41, 5.74) is 2.35. The van der Waals surface area contributed by atoms with E-state index in [-0.39, 0.29) is 5.91 Å². The summed E-state index contributed by atoms with van der Waals surface area (Å²) in [6, 6.07) is 6.41. The molecule has 0 saturated carbocycles. The Morgan fingerprint density at radius 1 is 1.27 bits per heavy atom. The lowest BCUT2D eigenvalue weighted by Gasteiger charge is -2.24. The first-order chi connectivity index (χ1) is 10.8. The van der Waals surface area contributed by atoms with Gasteiger partial charge in [0.25, 0.3) is 0 Å². The molecule has 2 fully saturated rings. The molecule has 0 spiro atoms. The predicted octanol–water partition coefficient (Wildman–Crippen LogP) is 2.33. The summed E-state index contributed by atoms with van der Waals surface area (Å²) in [6.07, 6.45) is 5.08. The first-order valence-corrected chi connectivity index (χ1v) is 8.43. The first kappa shape index (κ1) is 15.3. The molecule has 1 amide bonds. The second-order valence-corrected chi connectivity index (χ2v) is 6.36. The number of methoxy groups -OCH3 is 1. The van der Waals surface area contributed by atoms with Crippen LogP contribution < -0.4 is 10.1 Å². The van der Waals surface area contributed by atoms with Crippen molar-refractivity contribution in [2.24, 2.45) is 0 Å². The number of benzene rings is 1. The van der Waals surface area contributed by atoms with Crippen LogP contribution in [0.3, 0.4) is 0 Å². The van der Waals surface area contributed by atoms with Gasteiger partial charge in [-0.15, -0.1) is 0 Å². The highest BCUT2D eigenvalue weighted by Crippen LogP contribution is 2.30. The highest BCUT2D eigenvalue weighted by Gasteiger charge is 2.21. The molecule has 0 atom stereocenters. The minimum atomic E-state index is 0.227. The molecule has 22 heavy (non-hydrogen) atoms. The van der Waals surface area contributed by atoms with E-state index in [2.05, 4.69) is 23.5 Å². The Labute approximate surface area is 132 Å². The number of rotatable bonds is 4. The Morgan fingerprint density at radius 3 is 2.68 bits per heavy atom. The van der Waals surface area contributed by atoms with Crippen LogP contribution in [0.4, 0.5) is 0 Å². The van der Waals surface area contributed by atoms with Crippen molar-refractivity contribution < 1.29 is 9.53 Å².